The number of thiophene rings is 1. The van der Waals surface area contributed by atoms with E-state index in [2.05, 4.69) is 24.1 Å². The summed E-state index contributed by atoms with van der Waals surface area (Å²) in [4.78, 5) is 34.1. The molecule has 1 saturated heterocycles. The lowest BCUT2D eigenvalue weighted by molar-refractivity contribution is 0.0307. The number of aromatic nitrogens is 1. The summed E-state index contributed by atoms with van der Waals surface area (Å²) < 4.78 is 5.39. The number of fused-ring (bicyclic) bond motifs is 1. The van der Waals surface area contributed by atoms with Gasteiger partial charge >= 0.3 is 0 Å². The van der Waals surface area contributed by atoms with Crippen LogP contribution in [0, 0.1) is 13.8 Å². The number of anilines is 1. The van der Waals surface area contributed by atoms with Gasteiger partial charge in [-0.2, -0.15) is 0 Å². The fourth-order valence-electron chi connectivity index (χ4n) is 3.83. The lowest BCUT2D eigenvalue weighted by Gasteiger charge is -2.26. The number of hydrogen-bond acceptors (Lipinski definition) is 5. The second-order valence-electron chi connectivity index (χ2n) is 8.20. The zero-order valence-corrected chi connectivity index (χ0v) is 19.1. The highest BCUT2D eigenvalue weighted by molar-refractivity contribution is 7.21. The minimum Gasteiger partial charge on any atom is -0.378 e. The van der Waals surface area contributed by atoms with Crippen molar-refractivity contribution in [3.8, 4) is 0 Å². The van der Waals surface area contributed by atoms with Crippen LogP contribution in [0.3, 0.4) is 0 Å². The second kappa shape index (κ2) is 8.77. The number of pyridine rings is 1. The first-order chi connectivity index (χ1) is 14.8. The molecule has 31 heavy (non-hydrogen) atoms. The van der Waals surface area contributed by atoms with E-state index < -0.39 is 0 Å². The molecular weight excluding hydrogens is 410 g/mol. The quantitative estimate of drug-likeness (QED) is 0.639. The predicted molar refractivity (Wildman–Crippen MR) is 124 cm³/mol. The topological polar surface area (TPSA) is 71.5 Å². The van der Waals surface area contributed by atoms with E-state index in [1.165, 1.54) is 16.9 Å². The molecule has 3 heterocycles. The van der Waals surface area contributed by atoms with Crippen LogP contribution in [0.25, 0.3) is 10.2 Å². The van der Waals surface area contributed by atoms with Crippen LogP contribution < -0.4 is 5.32 Å². The van der Waals surface area contributed by atoms with Crippen molar-refractivity contribution in [2.75, 3.05) is 31.6 Å². The summed E-state index contributed by atoms with van der Waals surface area (Å²) in [7, 11) is 0. The van der Waals surface area contributed by atoms with Crippen molar-refractivity contribution in [2.24, 2.45) is 0 Å². The molecule has 7 heteroatoms. The average Bonchev–Trinajstić information content (AvgIpc) is 3.12. The molecule has 0 aliphatic carbocycles. The highest BCUT2D eigenvalue weighted by Gasteiger charge is 2.27. The van der Waals surface area contributed by atoms with Crippen molar-refractivity contribution in [1.82, 2.24) is 9.88 Å². The number of ether oxygens (including phenoxy) is 1. The minimum atomic E-state index is -0.231. The number of carbonyl (C=O) groups is 2. The summed E-state index contributed by atoms with van der Waals surface area (Å²) >= 11 is 1.34. The number of benzene rings is 1. The van der Waals surface area contributed by atoms with Gasteiger partial charge in [0.05, 0.1) is 18.9 Å². The molecule has 3 aromatic rings. The molecule has 0 radical (unpaired) electrons. The van der Waals surface area contributed by atoms with Gasteiger partial charge in [-0.3, -0.25) is 9.59 Å². The van der Waals surface area contributed by atoms with Crippen molar-refractivity contribution in [2.45, 2.75) is 33.6 Å². The van der Waals surface area contributed by atoms with Crippen molar-refractivity contribution in [1.29, 1.82) is 0 Å². The van der Waals surface area contributed by atoms with Crippen LogP contribution in [0.1, 0.15) is 56.6 Å². The minimum absolute atomic E-state index is 0.0891. The van der Waals surface area contributed by atoms with Gasteiger partial charge in [-0.1, -0.05) is 26.0 Å². The van der Waals surface area contributed by atoms with Crippen LogP contribution in [0.15, 0.2) is 30.3 Å². The Hall–Kier alpha value is -2.77. The van der Waals surface area contributed by atoms with Gasteiger partial charge in [0.1, 0.15) is 9.71 Å². The van der Waals surface area contributed by atoms with E-state index in [-0.39, 0.29) is 11.8 Å². The Labute approximate surface area is 186 Å². The highest BCUT2D eigenvalue weighted by Crippen LogP contribution is 2.38. The standard InChI is InChI=1S/C24H27N3O3S/c1-14(2)17-5-7-18(8-6-17)22(28)26-20-19-15(3)13-16(4)25-23(19)31-21(20)24(29)27-9-11-30-12-10-27/h5-8,13-14H,9-12H2,1-4H3,(H,26,28). The number of aryl methyl sites for hydroxylation is 2. The first kappa shape index (κ1) is 21.5. The van der Waals surface area contributed by atoms with E-state index in [9.17, 15) is 9.59 Å². The van der Waals surface area contributed by atoms with Crippen LogP contribution in [-0.2, 0) is 4.74 Å². The molecule has 1 aliphatic rings. The van der Waals surface area contributed by atoms with Gasteiger partial charge in [0, 0.05) is 29.7 Å². The third kappa shape index (κ3) is 4.34. The Morgan fingerprint density at radius 2 is 1.81 bits per heavy atom. The molecule has 0 unspecified atom stereocenters. The summed E-state index contributed by atoms with van der Waals surface area (Å²) in [5, 5.41) is 3.86. The third-order valence-electron chi connectivity index (χ3n) is 5.56. The van der Waals surface area contributed by atoms with Gasteiger partial charge in [-0.05, 0) is 49.1 Å². The number of morpholine rings is 1. The Kier molecular flexibility index (Phi) is 6.07. The summed E-state index contributed by atoms with van der Waals surface area (Å²) in [6.45, 7) is 10.3. The number of nitrogens with zero attached hydrogens (tertiary/aromatic N) is 2. The van der Waals surface area contributed by atoms with Crippen LogP contribution in [0.5, 0.6) is 0 Å². The van der Waals surface area contributed by atoms with Gasteiger partial charge in [0.2, 0.25) is 0 Å². The Morgan fingerprint density at radius 3 is 2.45 bits per heavy atom. The molecule has 2 amide bonds. The van der Waals surface area contributed by atoms with Gasteiger partial charge < -0.3 is 15.0 Å². The maximum absolute atomic E-state index is 13.3. The normalized spacial score (nSPS) is 14.3. The first-order valence-corrected chi connectivity index (χ1v) is 11.4. The molecular formula is C24H27N3O3S. The molecule has 1 fully saturated rings. The van der Waals surface area contributed by atoms with E-state index in [1.54, 1.807) is 4.90 Å². The number of nitrogens with one attached hydrogen (secondary N) is 1. The summed E-state index contributed by atoms with van der Waals surface area (Å²) in [5.74, 6) is 0.0763. The Bertz CT molecular complexity index is 1130. The molecule has 0 bridgehead atoms. The summed E-state index contributed by atoms with van der Waals surface area (Å²) in [5.41, 5.74) is 4.17. The molecule has 0 spiro atoms. The monoisotopic (exact) mass is 437 g/mol. The van der Waals surface area contributed by atoms with Gasteiger partial charge in [-0.25, -0.2) is 4.98 Å². The summed E-state index contributed by atoms with van der Waals surface area (Å²) in [6.07, 6.45) is 0. The zero-order valence-electron chi connectivity index (χ0n) is 18.3. The number of rotatable bonds is 4. The SMILES string of the molecule is Cc1cc(C)c2c(NC(=O)c3ccc(C(C)C)cc3)c(C(=O)N3CCOCC3)sc2n1. The number of amides is 2. The Morgan fingerprint density at radius 1 is 1.13 bits per heavy atom. The van der Waals surface area contributed by atoms with E-state index >= 15 is 0 Å². The molecule has 1 aliphatic heterocycles. The van der Waals surface area contributed by atoms with Crippen molar-refractivity contribution in [3.05, 3.63) is 57.6 Å². The molecule has 2 aromatic heterocycles. The van der Waals surface area contributed by atoms with Crippen LogP contribution in [-0.4, -0.2) is 48.0 Å². The van der Waals surface area contributed by atoms with Gasteiger partial charge in [-0.15, -0.1) is 11.3 Å². The summed E-state index contributed by atoms with van der Waals surface area (Å²) in [6, 6.07) is 9.59. The second-order valence-corrected chi connectivity index (χ2v) is 9.20. The fraction of sp³-hybridized carbons (Fsp3) is 0.375. The van der Waals surface area contributed by atoms with E-state index in [4.69, 9.17) is 4.74 Å². The van der Waals surface area contributed by atoms with E-state index in [0.717, 1.165) is 21.5 Å². The highest BCUT2D eigenvalue weighted by atomic mass is 32.1. The van der Waals surface area contributed by atoms with Crippen molar-refractivity contribution < 1.29 is 14.3 Å². The number of hydrogen-bond donors (Lipinski definition) is 1. The molecule has 162 valence electrons. The van der Waals surface area contributed by atoms with Gasteiger partial charge in [0.15, 0.2) is 0 Å². The van der Waals surface area contributed by atoms with Crippen molar-refractivity contribution in [3.63, 3.8) is 0 Å². The molecule has 0 saturated carbocycles. The van der Waals surface area contributed by atoms with Crippen molar-refractivity contribution >= 4 is 39.1 Å². The lowest BCUT2D eigenvalue weighted by Crippen LogP contribution is -2.40. The third-order valence-corrected chi connectivity index (χ3v) is 6.63. The largest absolute Gasteiger partial charge is 0.378 e. The Balaban J connectivity index is 1.73. The maximum atomic E-state index is 13.3. The fourth-order valence-corrected chi connectivity index (χ4v) is 5.05. The first-order valence-electron chi connectivity index (χ1n) is 10.5. The van der Waals surface area contributed by atoms with Gasteiger partial charge in [0.25, 0.3) is 11.8 Å². The molecule has 6 nitrogen and oxygen atoms in total. The molecule has 0 atom stereocenters. The number of carbonyl (C=O) groups excluding carboxylic acids is 2. The smallest absolute Gasteiger partial charge is 0.266 e. The van der Waals surface area contributed by atoms with E-state index in [0.29, 0.717) is 48.3 Å². The van der Waals surface area contributed by atoms with Crippen LogP contribution in [0.4, 0.5) is 5.69 Å². The lowest BCUT2D eigenvalue weighted by atomic mass is 10.0. The molecule has 1 N–H and O–H groups in total. The zero-order chi connectivity index (χ0) is 22.1. The van der Waals surface area contributed by atoms with E-state index in [1.807, 2.05) is 44.2 Å². The molecule has 4 rings (SSSR count). The van der Waals surface area contributed by atoms with Crippen LogP contribution in [0.2, 0.25) is 0 Å². The molecule has 1 aromatic carbocycles. The maximum Gasteiger partial charge on any atom is 0.266 e. The van der Waals surface area contributed by atoms with Crippen LogP contribution >= 0.6 is 11.3 Å². The predicted octanol–water partition coefficient (Wildman–Crippen LogP) is 4.76. The average molecular weight is 438 g/mol.